The minimum Gasteiger partial charge on any atom is -0.379 e. The molecule has 2 atom stereocenters. The van der Waals surface area contributed by atoms with Gasteiger partial charge in [0.25, 0.3) is 5.91 Å². The lowest BCUT2D eigenvalue weighted by Gasteiger charge is -2.20. The van der Waals surface area contributed by atoms with Crippen molar-refractivity contribution >= 4 is 16.8 Å². The molecule has 3 heterocycles. The van der Waals surface area contributed by atoms with Crippen LogP contribution in [0.15, 0.2) is 48.8 Å². The summed E-state index contributed by atoms with van der Waals surface area (Å²) in [4.78, 5) is 17.2. The van der Waals surface area contributed by atoms with Gasteiger partial charge in [0, 0.05) is 29.7 Å². The lowest BCUT2D eigenvalue weighted by molar-refractivity contribution is 0.0912. The number of carbonyl (C=O) groups excluding carboxylic acids is 1. The molecule has 1 aliphatic rings. The molecule has 1 aromatic carbocycles. The Morgan fingerprint density at radius 3 is 2.93 bits per heavy atom. The summed E-state index contributed by atoms with van der Waals surface area (Å²) in [5.74, 6) is 0.136. The van der Waals surface area contributed by atoms with Crippen molar-refractivity contribution in [2.24, 2.45) is 5.92 Å². The van der Waals surface area contributed by atoms with E-state index in [0.717, 1.165) is 17.3 Å². The summed E-state index contributed by atoms with van der Waals surface area (Å²) in [6.45, 7) is 5.21. The molecule has 6 heteroatoms. The second-order valence-corrected chi connectivity index (χ2v) is 7.32. The highest BCUT2D eigenvalue weighted by Crippen LogP contribution is 2.24. The molecule has 0 aliphatic carbocycles. The van der Waals surface area contributed by atoms with Crippen molar-refractivity contribution in [3.8, 4) is 0 Å². The van der Waals surface area contributed by atoms with Gasteiger partial charge < -0.3 is 10.1 Å². The number of ether oxygens (including phenoxy) is 1. The maximum absolute atomic E-state index is 12.8. The summed E-state index contributed by atoms with van der Waals surface area (Å²) < 4.78 is 7.44. The molecular formula is C21H24N4O2. The molecule has 140 valence electrons. The zero-order valence-electron chi connectivity index (χ0n) is 15.6. The molecular weight excluding hydrogens is 340 g/mol. The van der Waals surface area contributed by atoms with Gasteiger partial charge in [0.2, 0.25) is 0 Å². The molecule has 27 heavy (non-hydrogen) atoms. The number of carbonyl (C=O) groups is 1. The quantitative estimate of drug-likeness (QED) is 0.756. The Hall–Kier alpha value is -2.73. The summed E-state index contributed by atoms with van der Waals surface area (Å²) >= 11 is 0. The van der Waals surface area contributed by atoms with Gasteiger partial charge in [0.15, 0.2) is 0 Å². The molecule has 2 aromatic heterocycles. The number of benzene rings is 1. The van der Waals surface area contributed by atoms with Crippen LogP contribution >= 0.6 is 0 Å². The van der Waals surface area contributed by atoms with E-state index in [1.807, 2.05) is 38.2 Å². The Labute approximate surface area is 158 Å². The third-order valence-electron chi connectivity index (χ3n) is 5.13. The zero-order chi connectivity index (χ0) is 18.8. The van der Waals surface area contributed by atoms with Gasteiger partial charge in [0.1, 0.15) is 5.69 Å². The number of hydrogen-bond donors (Lipinski definition) is 1. The molecule has 4 rings (SSSR count). The topological polar surface area (TPSA) is 69.0 Å². The molecule has 1 aliphatic heterocycles. The van der Waals surface area contributed by atoms with Gasteiger partial charge in [-0.05, 0) is 44.0 Å². The first-order valence-electron chi connectivity index (χ1n) is 9.38. The van der Waals surface area contributed by atoms with Crippen molar-refractivity contribution in [2.45, 2.75) is 32.4 Å². The van der Waals surface area contributed by atoms with E-state index in [-0.39, 0.29) is 23.9 Å². The van der Waals surface area contributed by atoms with E-state index in [0.29, 0.717) is 18.9 Å². The summed E-state index contributed by atoms with van der Waals surface area (Å²) in [5, 5.41) is 8.57. The standard InChI is InChI=1S/C21H24N4O2/c1-14(2)25-20(8-10-23-25)21(26)24-19-13-27-12-16(19)11-15-7-9-22-18-6-4-3-5-17(15)18/h3-10,14,16,19H,11-13H2,1-2H3,(H,24,26)/t16-,19-/m1/s1. The van der Waals surface area contributed by atoms with Gasteiger partial charge in [-0.3, -0.25) is 14.5 Å². The Kier molecular flexibility index (Phi) is 4.90. The number of amides is 1. The first kappa shape index (κ1) is 17.7. The van der Waals surface area contributed by atoms with E-state index in [1.165, 1.54) is 5.56 Å². The number of rotatable bonds is 5. The van der Waals surface area contributed by atoms with Crippen LogP contribution in [0.2, 0.25) is 0 Å². The molecule has 6 nitrogen and oxygen atoms in total. The minimum atomic E-state index is -0.0960. The van der Waals surface area contributed by atoms with Crippen LogP contribution in [0.5, 0.6) is 0 Å². The van der Waals surface area contributed by atoms with E-state index in [1.54, 1.807) is 16.9 Å². The lowest BCUT2D eigenvalue weighted by atomic mass is 9.93. The summed E-state index contributed by atoms with van der Waals surface area (Å²) in [7, 11) is 0. The summed E-state index contributed by atoms with van der Waals surface area (Å²) in [6, 6.07) is 12.1. The third kappa shape index (κ3) is 3.57. The van der Waals surface area contributed by atoms with Crippen LogP contribution in [0.3, 0.4) is 0 Å². The lowest BCUT2D eigenvalue weighted by Crippen LogP contribution is -2.41. The average molecular weight is 364 g/mol. The average Bonchev–Trinajstić information content (AvgIpc) is 3.32. The van der Waals surface area contributed by atoms with Gasteiger partial charge in [-0.25, -0.2) is 0 Å². The summed E-state index contributed by atoms with van der Waals surface area (Å²) in [6.07, 6.45) is 4.36. The van der Waals surface area contributed by atoms with Crippen LogP contribution in [0.25, 0.3) is 10.9 Å². The second kappa shape index (κ2) is 7.48. The van der Waals surface area contributed by atoms with Crippen molar-refractivity contribution in [3.63, 3.8) is 0 Å². The second-order valence-electron chi connectivity index (χ2n) is 7.32. The van der Waals surface area contributed by atoms with Crippen molar-refractivity contribution in [1.82, 2.24) is 20.1 Å². The van der Waals surface area contributed by atoms with Gasteiger partial charge in [-0.1, -0.05) is 18.2 Å². The van der Waals surface area contributed by atoms with E-state index in [4.69, 9.17) is 4.74 Å². The van der Waals surface area contributed by atoms with Crippen molar-refractivity contribution in [1.29, 1.82) is 0 Å². The fourth-order valence-electron chi connectivity index (χ4n) is 3.72. The highest BCUT2D eigenvalue weighted by molar-refractivity contribution is 5.92. The molecule has 1 N–H and O–H groups in total. The van der Waals surface area contributed by atoms with Crippen LogP contribution in [-0.2, 0) is 11.2 Å². The van der Waals surface area contributed by atoms with Gasteiger partial charge in [-0.15, -0.1) is 0 Å². The van der Waals surface area contributed by atoms with E-state index < -0.39 is 0 Å². The number of para-hydroxylation sites is 1. The fourth-order valence-corrected chi connectivity index (χ4v) is 3.72. The molecule has 1 fully saturated rings. The Balaban J connectivity index is 1.51. The first-order valence-corrected chi connectivity index (χ1v) is 9.38. The number of nitrogens with one attached hydrogen (secondary N) is 1. The number of nitrogens with zero attached hydrogens (tertiary/aromatic N) is 3. The number of pyridine rings is 1. The molecule has 0 radical (unpaired) electrons. The van der Waals surface area contributed by atoms with Crippen molar-refractivity contribution < 1.29 is 9.53 Å². The van der Waals surface area contributed by atoms with E-state index in [2.05, 4.69) is 27.5 Å². The van der Waals surface area contributed by atoms with Crippen LogP contribution in [-0.4, -0.2) is 39.9 Å². The predicted octanol–water partition coefficient (Wildman–Crippen LogP) is 3.00. The Morgan fingerprint density at radius 2 is 2.07 bits per heavy atom. The number of fused-ring (bicyclic) bond motifs is 1. The first-order chi connectivity index (χ1) is 13.1. The van der Waals surface area contributed by atoms with Crippen LogP contribution in [0, 0.1) is 5.92 Å². The molecule has 0 bridgehead atoms. The van der Waals surface area contributed by atoms with E-state index >= 15 is 0 Å². The van der Waals surface area contributed by atoms with Crippen molar-refractivity contribution in [3.05, 3.63) is 60.0 Å². The molecule has 0 saturated carbocycles. The molecule has 1 amide bonds. The fraction of sp³-hybridized carbons (Fsp3) is 0.381. The highest BCUT2D eigenvalue weighted by Gasteiger charge is 2.31. The number of aromatic nitrogens is 3. The largest absolute Gasteiger partial charge is 0.379 e. The smallest absolute Gasteiger partial charge is 0.269 e. The van der Waals surface area contributed by atoms with Gasteiger partial charge in [0.05, 0.1) is 24.8 Å². The molecule has 3 aromatic rings. The third-order valence-corrected chi connectivity index (χ3v) is 5.13. The maximum Gasteiger partial charge on any atom is 0.269 e. The number of hydrogen-bond acceptors (Lipinski definition) is 4. The van der Waals surface area contributed by atoms with E-state index in [9.17, 15) is 4.79 Å². The van der Waals surface area contributed by atoms with Crippen LogP contribution < -0.4 is 5.32 Å². The Bertz CT molecular complexity index is 945. The minimum absolute atomic E-state index is 0.0139. The monoisotopic (exact) mass is 364 g/mol. The van der Waals surface area contributed by atoms with Crippen LogP contribution in [0.1, 0.15) is 35.9 Å². The maximum atomic E-state index is 12.8. The molecule has 0 unspecified atom stereocenters. The normalized spacial score (nSPS) is 19.7. The summed E-state index contributed by atoms with van der Waals surface area (Å²) in [5.41, 5.74) is 2.82. The predicted molar refractivity (Wildman–Crippen MR) is 104 cm³/mol. The SMILES string of the molecule is CC(C)n1nccc1C(=O)N[C@@H]1COC[C@H]1Cc1ccnc2ccccc12. The molecule has 1 saturated heterocycles. The van der Waals surface area contributed by atoms with Crippen LogP contribution in [0.4, 0.5) is 0 Å². The molecule has 0 spiro atoms. The van der Waals surface area contributed by atoms with Gasteiger partial charge in [-0.2, -0.15) is 5.10 Å². The zero-order valence-corrected chi connectivity index (χ0v) is 15.6. The van der Waals surface area contributed by atoms with Crippen molar-refractivity contribution in [2.75, 3.05) is 13.2 Å². The highest BCUT2D eigenvalue weighted by atomic mass is 16.5. The Morgan fingerprint density at radius 1 is 1.22 bits per heavy atom. The van der Waals surface area contributed by atoms with Gasteiger partial charge >= 0.3 is 0 Å².